The van der Waals surface area contributed by atoms with E-state index in [2.05, 4.69) is 0 Å². The summed E-state index contributed by atoms with van der Waals surface area (Å²) in [6.45, 7) is 1.13. The highest BCUT2D eigenvalue weighted by Gasteiger charge is 2.70. The van der Waals surface area contributed by atoms with Gasteiger partial charge < -0.3 is 24.2 Å². The lowest BCUT2D eigenvalue weighted by Crippen LogP contribution is -2.57. The first-order valence-corrected chi connectivity index (χ1v) is 6.64. The number of ether oxygens (including phenoxy) is 2. The van der Waals surface area contributed by atoms with Gasteiger partial charge >= 0.3 is 0 Å². The Morgan fingerprint density at radius 2 is 2.18 bits per heavy atom. The van der Waals surface area contributed by atoms with Crippen molar-refractivity contribution in [1.29, 1.82) is 0 Å². The molecule has 6 unspecified atom stereocenters. The van der Waals surface area contributed by atoms with Crippen molar-refractivity contribution >= 4 is 11.1 Å². The molecule has 0 aromatic rings. The topological polar surface area (TPSA) is 99.1 Å². The predicted octanol–water partition coefficient (Wildman–Crippen LogP) is -1.22. The number of methoxy groups -OCH3 is 1. The van der Waals surface area contributed by atoms with Gasteiger partial charge in [0.15, 0.2) is 0 Å². The van der Waals surface area contributed by atoms with Crippen LogP contribution >= 0.6 is 0 Å². The number of hydrogen-bond acceptors (Lipinski definition) is 6. The standard InChI is InChI=1S/C10H18O6S/c1-6-8(15-2)10(5-12)7(17(13)14)3-9(6,4-11)16-10/h6-8,11-12H,3-5H2,1-2H3,(H,13,14)/p-1. The first kappa shape index (κ1) is 13.4. The van der Waals surface area contributed by atoms with Crippen molar-refractivity contribution in [2.24, 2.45) is 5.92 Å². The smallest absolute Gasteiger partial charge is 0.132 e. The molecule has 0 saturated carbocycles. The summed E-state index contributed by atoms with van der Waals surface area (Å²) in [6, 6.07) is 0. The number of hydrogen-bond donors (Lipinski definition) is 2. The van der Waals surface area contributed by atoms with E-state index in [0.29, 0.717) is 0 Å². The van der Waals surface area contributed by atoms with Gasteiger partial charge in [-0.05, 0) is 17.5 Å². The van der Waals surface area contributed by atoms with Crippen LogP contribution in [-0.4, -0.2) is 61.9 Å². The molecule has 6 nitrogen and oxygen atoms in total. The Balaban J connectivity index is 2.45. The number of aliphatic hydroxyl groups is 2. The highest BCUT2D eigenvalue weighted by Crippen LogP contribution is 2.56. The van der Waals surface area contributed by atoms with Gasteiger partial charge in [0.05, 0.1) is 30.2 Å². The molecule has 2 fully saturated rings. The largest absolute Gasteiger partial charge is 0.772 e. The first-order valence-electron chi connectivity index (χ1n) is 5.50. The molecular weight excluding hydrogens is 248 g/mol. The lowest BCUT2D eigenvalue weighted by Gasteiger charge is -2.41. The molecule has 6 atom stereocenters. The van der Waals surface area contributed by atoms with Crippen LogP contribution in [0, 0.1) is 5.92 Å². The third-order valence-corrected chi connectivity index (χ3v) is 5.27. The maximum absolute atomic E-state index is 11.3. The Kier molecular flexibility index (Phi) is 3.35. The summed E-state index contributed by atoms with van der Waals surface area (Å²) in [5, 5.41) is 18.2. The second kappa shape index (κ2) is 4.25. The van der Waals surface area contributed by atoms with Crippen LogP contribution in [0.5, 0.6) is 0 Å². The summed E-state index contributed by atoms with van der Waals surface area (Å²) in [4.78, 5) is 0. The molecule has 2 aliphatic rings. The zero-order valence-corrected chi connectivity index (χ0v) is 10.6. The Bertz CT molecular complexity index is 337. The number of rotatable bonds is 4. The van der Waals surface area contributed by atoms with Crippen LogP contribution in [0.25, 0.3) is 0 Å². The minimum absolute atomic E-state index is 0.163. The van der Waals surface area contributed by atoms with Crippen LogP contribution in [0.3, 0.4) is 0 Å². The van der Waals surface area contributed by atoms with Gasteiger partial charge in [-0.15, -0.1) is 0 Å². The van der Waals surface area contributed by atoms with E-state index >= 15 is 0 Å². The van der Waals surface area contributed by atoms with Crippen LogP contribution in [0.2, 0.25) is 0 Å². The fraction of sp³-hybridized carbons (Fsp3) is 1.00. The fourth-order valence-electron chi connectivity index (χ4n) is 3.29. The summed E-state index contributed by atoms with van der Waals surface area (Å²) in [7, 11) is 1.46. The number of aliphatic hydroxyl groups excluding tert-OH is 2. The highest BCUT2D eigenvalue weighted by molar-refractivity contribution is 7.79. The van der Waals surface area contributed by atoms with Crippen LogP contribution in [0.1, 0.15) is 13.3 Å². The van der Waals surface area contributed by atoms with E-state index in [9.17, 15) is 19.0 Å². The molecule has 0 aromatic heterocycles. The molecule has 2 aliphatic heterocycles. The first-order chi connectivity index (χ1) is 7.97. The monoisotopic (exact) mass is 265 g/mol. The fourth-order valence-corrected chi connectivity index (χ4v) is 4.29. The molecule has 100 valence electrons. The van der Waals surface area contributed by atoms with Gasteiger partial charge in [0.1, 0.15) is 5.60 Å². The van der Waals surface area contributed by atoms with Gasteiger partial charge in [-0.2, -0.15) is 0 Å². The van der Waals surface area contributed by atoms with Gasteiger partial charge in [0.2, 0.25) is 0 Å². The zero-order valence-electron chi connectivity index (χ0n) is 9.79. The number of fused-ring (bicyclic) bond motifs is 2. The molecule has 0 radical (unpaired) electrons. The SMILES string of the molecule is COC1C(C)C2(CO)CC(S(=O)[O-])C1(CO)O2. The van der Waals surface area contributed by atoms with Crippen molar-refractivity contribution in [3.05, 3.63) is 0 Å². The van der Waals surface area contributed by atoms with E-state index in [1.165, 1.54) is 7.11 Å². The molecule has 0 aliphatic carbocycles. The lowest BCUT2D eigenvalue weighted by molar-refractivity contribution is -0.118. The second-order valence-corrected chi connectivity index (χ2v) is 5.93. The predicted molar refractivity (Wildman–Crippen MR) is 58.0 cm³/mol. The van der Waals surface area contributed by atoms with Crippen LogP contribution in [0.15, 0.2) is 0 Å². The average molecular weight is 265 g/mol. The maximum atomic E-state index is 11.3. The molecule has 2 bridgehead atoms. The molecule has 2 heterocycles. The van der Waals surface area contributed by atoms with E-state index in [1.807, 2.05) is 6.92 Å². The Labute approximate surface area is 102 Å². The molecule has 7 heteroatoms. The third-order valence-electron chi connectivity index (χ3n) is 4.24. The van der Waals surface area contributed by atoms with Gasteiger partial charge in [0, 0.05) is 13.0 Å². The van der Waals surface area contributed by atoms with Gasteiger partial charge in [-0.1, -0.05) is 6.92 Å². The molecule has 2 rings (SSSR count). The molecule has 0 aromatic carbocycles. The van der Waals surface area contributed by atoms with Crippen molar-refractivity contribution in [1.82, 2.24) is 0 Å². The van der Waals surface area contributed by atoms with E-state index in [1.54, 1.807) is 0 Å². The van der Waals surface area contributed by atoms with Crippen molar-refractivity contribution < 1.29 is 28.4 Å². The third kappa shape index (κ3) is 1.54. The van der Waals surface area contributed by atoms with Crippen LogP contribution < -0.4 is 0 Å². The van der Waals surface area contributed by atoms with E-state index < -0.39 is 40.2 Å². The van der Waals surface area contributed by atoms with E-state index in [-0.39, 0.29) is 18.9 Å². The molecule has 0 amide bonds. The molecule has 2 N–H and O–H groups in total. The minimum Gasteiger partial charge on any atom is -0.772 e. The Morgan fingerprint density at radius 3 is 2.59 bits per heavy atom. The van der Waals surface area contributed by atoms with Crippen LogP contribution in [0.4, 0.5) is 0 Å². The highest BCUT2D eigenvalue weighted by atomic mass is 32.2. The van der Waals surface area contributed by atoms with Crippen LogP contribution in [-0.2, 0) is 20.6 Å². The van der Waals surface area contributed by atoms with Crippen molar-refractivity contribution in [2.75, 3.05) is 20.3 Å². The summed E-state index contributed by atoms with van der Waals surface area (Å²) >= 11 is -2.37. The average Bonchev–Trinajstić information content (AvgIpc) is 2.78. The zero-order chi connectivity index (χ0) is 12.8. The normalized spacial score (nSPS) is 50.8. The second-order valence-electron chi connectivity index (χ2n) is 4.84. The summed E-state index contributed by atoms with van der Waals surface area (Å²) < 4.78 is 33.5. The van der Waals surface area contributed by atoms with Crippen molar-refractivity contribution in [3.63, 3.8) is 0 Å². The Morgan fingerprint density at radius 1 is 1.53 bits per heavy atom. The maximum Gasteiger partial charge on any atom is 0.132 e. The molecular formula is C10H17O6S-. The minimum atomic E-state index is -2.37. The summed E-state index contributed by atoms with van der Waals surface area (Å²) in [6.07, 6.45) is -0.336. The Hall–Kier alpha value is -0.0500. The van der Waals surface area contributed by atoms with Gasteiger partial charge in [0.25, 0.3) is 0 Å². The summed E-state index contributed by atoms with van der Waals surface area (Å²) in [5.74, 6) is -0.163. The lowest BCUT2D eigenvalue weighted by atomic mass is 9.73. The summed E-state index contributed by atoms with van der Waals surface area (Å²) in [5.41, 5.74) is -2.17. The van der Waals surface area contributed by atoms with Gasteiger partial charge in [-0.25, -0.2) is 0 Å². The van der Waals surface area contributed by atoms with E-state index in [4.69, 9.17) is 9.47 Å². The van der Waals surface area contributed by atoms with Crippen molar-refractivity contribution in [3.8, 4) is 0 Å². The molecule has 2 saturated heterocycles. The molecule has 17 heavy (non-hydrogen) atoms. The molecule has 0 spiro atoms. The quantitative estimate of drug-likeness (QED) is 0.618. The van der Waals surface area contributed by atoms with Gasteiger partial charge in [-0.3, -0.25) is 4.21 Å². The van der Waals surface area contributed by atoms with E-state index in [0.717, 1.165) is 0 Å². The van der Waals surface area contributed by atoms with Crippen molar-refractivity contribution in [2.45, 2.75) is 35.9 Å².